The van der Waals surface area contributed by atoms with Crippen molar-refractivity contribution in [3.63, 3.8) is 0 Å². The van der Waals surface area contributed by atoms with E-state index in [9.17, 15) is 9.59 Å². The molecular weight excluding hydrogens is 326 g/mol. The molecule has 0 unspecified atom stereocenters. The molecule has 0 saturated carbocycles. The van der Waals surface area contributed by atoms with Crippen LogP contribution in [0.25, 0.3) is 0 Å². The maximum absolute atomic E-state index is 10.1. The van der Waals surface area contributed by atoms with Crippen molar-refractivity contribution in [2.24, 2.45) is 0 Å². The Labute approximate surface area is 134 Å². The van der Waals surface area contributed by atoms with Crippen LogP contribution in [-0.2, 0) is 41.9 Å². The Bertz CT molecular complexity index is 498. The number of rotatable bonds is 4. The summed E-state index contributed by atoms with van der Waals surface area (Å²) in [6, 6.07) is 10.4. The average Bonchev–Trinajstić information content (AvgIpc) is 2.40. The minimum Gasteiger partial charge on any atom is -0.481 e. The van der Waals surface area contributed by atoms with Crippen LogP contribution in [0.5, 0.6) is 0 Å². The minimum absolute atomic E-state index is 0. The van der Waals surface area contributed by atoms with Gasteiger partial charge in [0.1, 0.15) is 0 Å². The number of carboxylic acid groups (broad SMARTS) is 2. The number of aliphatic carboxylic acids is 2. The fourth-order valence-electron chi connectivity index (χ4n) is 1.32. The fraction of sp³-hybridized carbons (Fsp3) is 0.143. The Balaban J connectivity index is 0.000000364. The van der Waals surface area contributed by atoms with Gasteiger partial charge in [-0.05, 0) is 24.3 Å². The molecule has 2 heterocycles. The first-order valence-electron chi connectivity index (χ1n) is 5.81. The van der Waals surface area contributed by atoms with Gasteiger partial charge < -0.3 is 10.2 Å². The van der Waals surface area contributed by atoms with Crippen LogP contribution in [0, 0.1) is 0 Å². The Kier molecular flexibility index (Phi) is 9.55. The van der Waals surface area contributed by atoms with Crippen LogP contribution in [0.2, 0.25) is 0 Å². The summed E-state index contributed by atoms with van der Waals surface area (Å²) in [6.07, 6.45) is 3.16. The molecule has 0 aromatic carbocycles. The molecule has 0 aliphatic rings. The zero-order chi connectivity index (χ0) is 14.8. The summed E-state index contributed by atoms with van der Waals surface area (Å²) in [7, 11) is 0. The van der Waals surface area contributed by atoms with E-state index in [1.807, 2.05) is 0 Å². The van der Waals surface area contributed by atoms with Gasteiger partial charge in [-0.25, -0.2) is 0 Å². The van der Waals surface area contributed by atoms with Crippen LogP contribution in [-0.4, -0.2) is 32.1 Å². The second-order valence-electron chi connectivity index (χ2n) is 3.78. The van der Waals surface area contributed by atoms with E-state index in [0.29, 0.717) is 11.4 Å². The molecule has 0 saturated heterocycles. The van der Waals surface area contributed by atoms with E-state index in [4.69, 9.17) is 10.2 Å². The SMILES string of the molecule is O=C(O)Cc1ccccn1.O=C(O)Cc1ccccn1.[Zn]. The van der Waals surface area contributed by atoms with Crippen molar-refractivity contribution in [1.29, 1.82) is 0 Å². The molecule has 6 nitrogen and oxygen atoms in total. The predicted molar refractivity (Wildman–Crippen MR) is 71.2 cm³/mol. The fourth-order valence-corrected chi connectivity index (χ4v) is 1.32. The smallest absolute Gasteiger partial charge is 0.309 e. The first kappa shape index (κ1) is 18.9. The molecule has 2 aromatic heterocycles. The standard InChI is InChI=1S/2C7H7NO2.Zn/c2*9-7(10)5-6-3-1-2-4-8-6;/h2*1-4H,5H2,(H,9,10);. The minimum atomic E-state index is -0.848. The van der Waals surface area contributed by atoms with Gasteiger partial charge in [0.2, 0.25) is 0 Å². The van der Waals surface area contributed by atoms with Crippen LogP contribution in [0.3, 0.4) is 0 Å². The van der Waals surface area contributed by atoms with Gasteiger partial charge in [-0.3, -0.25) is 19.6 Å². The first-order valence-corrected chi connectivity index (χ1v) is 5.81. The summed E-state index contributed by atoms with van der Waals surface area (Å²) in [4.78, 5) is 27.9. The Morgan fingerprint density at radius 1 is 0.810 bits per heavy atom. The predicted octanol–water partition coefficient (Wildman–Crippen LogP) is 1.41. The van der Waals surface area contributed by atoms with E-state index in [1.165, 1.54) is 0 Å². The van der Waals surface area contributed by atoms with Crippen LogP contribution in [0.4, 0.5) is 0 Å². The third kappa shape index (κ3) is 9.40. The molecule has 0 aliphatic carbocycles. The number of hydrogen-bond acceptors (Lipinski definition) is 4. The number of carboxylic acids is 2. The maximum Gasteiger partial charge on any atom is 0.309 e. The van der Waals surface area contributed by atoms with Gasteiger partial charge in [-0.2, -0.15) is 0 Å². The summed E-state index contributed by atoms with van der Waals surface area (Å²) >= 11 is 0. The monoisotopic (exact) mass is 338 g/mol. The molecule has 0 fully saturated rings. The van der Waals surface area contributed by atoms with Gasteiger partial charge >= 0.3 is 11.9 Å². The second kappa shape index (κ2) is 10.6. The van der Waals surface area contributed by atoms with Crippen molar-refractivity contribution in [1.82, 2.24) is 9.97 Å². The number of hydrogen-bond donors (Lipinski definition) is 2. The van der Waals surface area contributed by atoms with E-state index in [0.717, 1.165) is 0 Å². The number of aromatic nitrogens is 2. The molecule has 2 aromatic rings. The van der Waals surface area contributed by atoms with Gasteiger partial charge in [0.05, 0.1) is 24.2 Å². The molecule has 2 rings (SSSR count). The normalized spacial score (nSPS) is 8.76. The summed E-state index contributed by atoms with van der Waals surface area (Å²) in [5.41, 5.74) is 1.19. The molecular formula is C14H14N2O4Zn. The van der Waals surface area contributed by atoms with Gasteiger partial charge in [-0.15, -0.1) is 0 Å². The van der Waals surface area contributed by atoms with Crippen molar-refractivity contribution in [2.45, 2.75) is 12.8 Å². The molecule has 7 heteroatoms. The van der Waals surface area contributed by atoms with Crippen LogP contribution in [0.15, 0.2) is 48.8 Å². The molecule has 0 aliphatic heterocycles. The van der Waals surface area contributed by atoms with Crippen molar-refractivity contribution in [3.05, 3.63) is 60.2 Å². The zero-order valence-corrected chi connectivity index (χ0v) is 14.3. The average molecular weight is 340 g/mol. The topological polar surface area (TPSA) is 100 Å². The van der Waals surface area contributed by atoms with E-state index in [1.54, 1.807) is 48.8 Å². The van der Waals surface area contributed by atoms with Crippen molar-refractivity contribution < 1.29 is 39.3 Å². The Morgan fingerprint density at radius 3 is 1.43 bits per heavy atom. The first-order chi connectivity index (χ1) is 9.58. The van der Waals surface area contributed by atoms with Gasteiger partial charge in [0.15, 0.2) is 0 Å². The molecule has 0 radical (unpaired) electrons. The maximum atomic E-state index is 10.1. The third-order valence-electron chi connectivity index (χ3n) is 2.12. The Morgan fingerprint density at radius 2 is 1.19 bits per heavy atom. The number of nitrogens with zero attached hydrogens (tertiary/aromatic N) is 2. The van der Waals surface area contributed by atoms with Crippen molar-refractivity contribution >= 4 is 11.9 Å². The Hall–Kier alpha value is -2.14. The number of pyridine rings is 2. The third-order valence-corrected chi connectivity index (χ3v) is 2.12. The van der Waals surface area contributed by atoms with Crippen LogP contribution < -0.4 is 0 Å². The summed E-state index contributed by atoms with van der Waals surface area (Å²) in [6.45, 7) is 0. The molecule has 0 amide bonds. The molecule has 2 N–H and O–H groups in total. The molecule has 106 valence electrons. The molecule has 0 bridgehead atoms. The van der Waals surface area contributed by atoms with Crippen molar-refractivity contribution in [2.75, 3.05) is 0 Å². The van der Waals surface area contributed by atoms with E-state index >= 15 is 0 Å². The largest absolute Gasteiger partial charge is 0.481 e. The van der Waals surface area contributed by atoms with Gasteiger partial charge in [-0.1, -0.05) is 12.1 Å². The molecule has 21 heavy (non-hydrogen) atoms. The molecule has 0 spiro atoms. The van der Waals surface area contributed by atoms with Gasteiger partial charge in [0.25, 0.3) is 0 Å². The second-order valence-corrected chi connectivity index (χ2v) is 3.78. The zero-order valence-electron chi connectivity index (χ0n) is 11.3. The van der Waals surface area contributed by atoms with E-state index in [-0.39, 0.29) is 32.3 Å². The van der Waals surface area contributed by atoms with Crippen molar-refractivity contribution in [3.8, 4) is 0 Å². The van der Waals surface area contributed by atoms with E-state index < -0.39 is 11.9 Å². The quantitative estimate of drug-likeness (QED) is 0.817. The molecule has 0 atom stereocenters. The summed E-state index contributed by atoms with van der Waals surface area (Å²) in [5, 5.41) is 16.7. The summed E-state index contributed by atoms with van der Waals surface area (Å²) in [5.74, 6) is -1.70. The van der Waals surface area contributed by atoms with E-state index in [2.05, 4.69) is 9.97 Å². The summed E-state index contributed by atoms with van der Waals surface area (Å²) < 4.78 is 0. The number of carbonyl (C=O) groups is 2. The van der Waals surface area contributed by atoms with Crippen LogP contribution in [0.1, 0.15) is 11.4 Å². The van der Waals surface area contributed by atoms with Gasteiger partial charge in [0, 0.05) is 31.9 Å². The van der Waals surface area contributed by atoms with Crippen LogP contribution >= 0.6 is 0 Å².